The van der Waals surface area contributed by atoms with Gasteiger partial charge in [0, 0.05) is 33.2 Å². The zero-order chi connectivity index (χ0) is 32.7. The third kappa shape index (κ3) is 5.30. The first-order chi connectivity index (χ1) is 23.5. The van der Waals surface area contributed by atoms with E-state index in [1.54, 1.807) is 6.07 Å². The number of nitrogens with zero attached hydrogens (tertiary/aromatic N) is 4. The molecule has 0 saturated carbocycles. The summed E-state index contributed by atoms with van der Waals surface area (Å²) in [6.45, 7) is 4.37. The van der Waals surface area contributed by atoms with Crippen LogP contribution in [0.5, 0.6) is 11.5 Å². The molecule has 0 spiro atoms. The van der Waals surface area contributed by atoms with Crippen molar-refractivity contribution in [3.8, 4) is 74.0 Å². The second kappa shape index (κ2) is 11.8. The van der Waals surface area contributed by atoms with E-state index in [0.29, 0.717) is 23.0 Å². The van der Waals surface area contributed by atoms with E-state index >= 15 is 0 Å². The monoisotopic (exact) mass is 618 g/mol. The number of rotatable bonds is 5. The van der Waals surface area contributed by atoms with Crippen molar-refractivity contribution in [1.29, 1.82) is 5.26 Å². The lowest BCUT2D eigenvalue weighted by Crippen LogP contribution is -2.24. The molecule has 8 rings (SSSR count). The molecule has 1 aromatic heterocycles. The summed E-state index contributed by atoms with van der Waals surface area (Å²) in [6, 6.07) is 51.3. The van der Waals surface area contributed by atoms with Gasteiger partial charge >= 0.3 is 0 Å². The van der Waals surface area contributed by atoms with Gasteiger partial charge in [0.25, 0.3) is 0 Å². The van der Waals surface area contributed by atoms with E-state index in [2.05, 4.69) is 68.4 Å². The van der Waals surface area contributed by atoms with Crippen LogP contribution in [0.25, 0.3) is 56.4 Å². The average molecular weight is 619 g/mol. The van der Waals surface area contributed by atoms with Gasteiger partial charge in [-0.05, 0) is 58.7 Å². The number of hydrogen-bond donors (Lipinski definition) is 0. The van der Waals surface area contributed by atoms with Crippen molar-refractivity contribution in [1.82, 2.24) is 15.0 Å². The predicted octanol–water partition coefficient (Wildman–Crippen LogP) is 10.5. The maximum absolute atomic E-state index is 9.48. The van der Waals surface area contributed by atoms with Crippen molar-refractivity contribution < 1.29 is 4.74 Å². The minimum atomic E-state index is -0.318. The van der Waals surface area contributed by atoms with Crippen LogP contribution in [-0.4, -0.2) is 15.0 Å². The van der Waals surface area contributed by atoms with Gasteiger partial charge < -0.3 is 4.74 Å². The molecule has 6 aromatic carbocycles. The Morgan fingerprint density at radius 2 is 0.917 bits per heavy atom. The third-order valence-electron chi connectivity index (χ3n) is 9.03. The zero-order valence-corrected chi connectivity index (χ0v) is 26.6. The molecule has 2 heterocycles. The molecule has 0 aliphatic carbocycles. The summed E-state index contributed by atoms with van der Waals surface area (Å²) in [7, 11) is 0. The van der Waals surface area contributed by atoms with E-state index in [1.807, 2.05) is 91.0 Å². The van der Waals surface area contributed by atoms with Crippen molar-refractivity contribution >= 4 is 0 Å². The zero-order valence-electron chi connectivity index (χ0n) is 26.6. The first-order valence-electron chi connectivity index (χ1n) is 15.9. The molecule has 48 heavy (non-hydrogen) atoms. The summed E-state index contributed by atoms with van der Waals surface area (Å²) in [4.78, 5) is 14.7. The molecule has 0 amide bonds. The van der Waals surface area contributed by atoms with Crippen molar-refractivity contribution in [2.45, 2.75) is 19.3 Å². The Balaban J connectivity index is 1.12. The molecule has 0 fully saturated rings. The highest BCUT2D eigenvalue weighted by atomic mass is 16.5. The van der Waals surface area contributed by atoms with Gasteiger partial charge in [0.1, 0.15) is 11.5 Å². The second-order valence-corrected chi connectivity index (χ2v) is 12.5. The van der Waals surface area contributed by atoms with Gasteiger partial charge in [0.15, 0.2) is 17.5 Å². The smallest absolute Gasteiger partial charge is 0.164 e. The topological polar surface area (TPSA) is 71.7 Å². The van der Waals surface area contributed by atoms with Gasteiger partial charge in [0.2, 0.25) is 0 Å². The van der Waals surface area contributed by atoms with E-state index in [9.17, 15) is 5.26 Å². The number of ether oxygens (including phenoxy) is 1. The van der Waals surface area contributed by atoms with Crippen LogP contribution >= 0.6 is 0 Å². The van der Waals surface area contributed by atoms with E-state index in [0.717, 1.165) is 61.6 Å². The Hall–Kier alpha value is -6.38. The maximum Gasteiger partial charge on any atom is 0.164 e. The average Bonchev–Trinajstić information content (AvgIpc) is 3.15. The molecular weight excluding hydrogens is 589 g/mol. The molecule has 0 radical (unpaired) electrons. The molecule has 0 saturated heterocycles. The van der Waals surface area contributed by atoms with Crippen LogP contribution in [0, 0.1) is 11.3 Å². The van der Waals surface area contributed by atoms with Gasteiger partial charge in [-0.15, -0.1) is 0 Å². The highest BCUT2D eigenvalue weighted by Gasteiger charge is 2.34. The summed E-state index contributed by atoms with van der Waals surface area (Å²) in [5, 5.41) is 9.48. The van der Waals surface area contributed by atoms with Crippen molar-refractivity contribution in [3.05, 3.63) is 162 Å². The first kappa shape index (κ1) is 29.1. The Bertz CT molecular complexity index is 2280. The molecule has 5 heteroatoms. The van der Waals surface area contributed by atoms with E-state index < -0.39 is 0 Å². The highest BCUT2D eigenvalue weighted by molar-refractivity contribution is 5.76. The Morgan fingerprint density at radius 3 is 1.50 bits per heavy atom. The molecule has 1 aliphatic heterocycles. The van der Waals surface area contributed by atoms with Crippen LogP contribution in [0.1, 0.15) is 30.5 Å². The lowest BCUT2D eigenvalue weighted by atomic mass is 9.74. The Morgan fingerprint density at radius 1 is 0.458 bits per heavy atom. The number of fused-ring (bicyclic) bond motifs is 2. The number of benzene rings is 6. The predicted molar refractivity (Wildman–Crippen MR) is 190 cm³/mol. The lowest BCUT2D eigenvalue weighted by molar-refractivity contribution is 0.418. The summed E-state index contributed by atoms with van der Waals surface area (Å²) in [5.41, 5.74) is 9.64. The minimum absolute atomic E-state index is 0.318. The summed E-state index contributed by atoms with van der Waals surface area (Å²) < 4.78 is 6.27. The third-order valence-corrected chi connectivity index (χ3v) is 9.03. The molecule has 0 bridgehead atoms. The summed E-state index contributed by atoms with van der Waals surface area (Å²) in [6.07, 6.45) is 0. The van der Waals surface area contributed by atoms with E-state index in [4.69, 9.17) is 19.7 Å². The number of aromatic nitrogens is 3. The van der Waals surface area contributed by atoms with Crippen LogP contribution in [0.4, 0.5) is 0 Å². The first-order valence-corrected chi connectivity index (χ1v) is 15.9. The number of nitriles is 1. The minimum Gasteiger partial charge on any atom is -0.457 e. The quantitative estimate of drug-likeness (QED) is 0.192. The van der Waals surface area contributed by atoms with Gasteiger partial charge in [-0.25, -0.2) is 15.0 Å². The van der Waals surface area contributed by atoms with Crippen LogP contribution in [0.2, 0.25) is 0 Å². The maximum atomic E-state index is 9.48. The largest absolute Gasteiger partial charge is 0.457 e. The molecular formula is C43H30N4O. The van der Waals surface area contributed by atoms with E-state index in [-0.39, 0.29) is 5.41 Å². The Labute approximate surface area is 279 Å². The van der Waals surface area contributed by atoms with Crippen LogP contribution in [0.3, 0.4) is 0 Å². The fraction of sp³-hybridized carbons (Fsp3) is 0.0698. The van der Waals surface area contributed by atoms with Crippen molar-refractivity contribution in [3.63, 3.8) is 0 Å². The Kier molecular flexibility index (Phi) is 7.12. The fourth-order valence-electron chi connectivity index (χ4n) is 6.36. The molecule has 0 unspecified atom stereocenters. The second-order valence-electron chi connectivity index (χ2n) is 12.5. The van der Waals surface area contributed by atoms with Gasteiger partial charge in [-0.2, -0.15) is 5.26 Å². The number of hydrogen-bond acceptors (Lipinski definition) is 5. The van der Waals surface area contributed by atoms with Gasteiger partial charge in [0.05, 0.1) is 11.6 Å². The molecule has 0 N–H and O–H groups in total. The SMILES string of the molecule is CC1(C)c2cc(C#N)ccc2Oc2ccc(-c3ccc(-c4cccc(-c5nc(-c6ccccc6)nc(-c6ccccc6)n5)c4)cc3)cc21. The molecule has 0 atom stereocenters. The molecule has 1 aliphatic rings. The van der Waals surface area contributed by atoms with Gasteiger partial charge in [-0.3, -0.25) is 0 Å². The normalized spacial score (nSPS) is 12.7. The van der Waals surface area contributed by atoms with Crippen LogP contribution < -0.4 is 4.74 Å². The van der Waals surface area contributed by atoms with Crippen molar-refractivity contribution in [2.24, 2.45) is 0 Å². The van der Waals surface area contributed by atoms with Gasteiger partial charge in [-0.1, -0.05) is 123 Å². The molecule has 7 aromatic rings. The van der Waals surface area contributed by atoms with Crippen LogP contribution in [-0.2, 0) is 5.41 Å². The standard InChI is InChI=1S/C43H30N4O/c1-43(2)36-24-28(27-44)16-22-38(36)48-39-23-21-34(26-37(39)43)30-19-17-29(18-20-30)33-14-9-15-35(25-33)42-46-40(31-10-5-3-6-11-31)45-41(47-42)32-12-7-4-8-13-32/h3-26H,1-2H3. The highest BCUT2D eigenvalue weighted by Crippen LogP contribution is 2.49. The lowest BCUT2D eigenvalue weighted by Gasteiger charge is -2.35. The van der Waals surface area contributed by atoms with Crippen molar-refractivity contribution in [2.75, 3.05) is 0 Å². The fourth-order valence-corrected chi connectivity index (χ4v) is 6.36. The molecule has 5 nitrogen and oxygen atoms in total. The van der Waals surface area contributed by atoms with E-state index in [1.165, 1.54) is 0 Å². The summed E-state index contributed by atoms with van der Waals surface area (Å²) in [5.74, 6) is 3.56. The molecule has 228 valence electrons. The van der Waals surface area contributed by atoms with Crippen LogP contribution in [0.15, 0.2) is 146 Å². The summed E-state index contributed by atoms with van der Waals surface area (Å²) >= 11 is 0.